The van der Waals surface area contributed by atoms with Gasteiger partial charge in [-0.05, 0) is 18.4 Å². The lowest BCUT2D eigenvalue weighted by Gasteiger charge is -2.13. The van der Waals surface area contributed by atoms with Gasteiger partial charge in [0.25, 0.3) is 0 Å². The average Bonchev–Trinajstić information content (AvgIpc) is 2.35. The Morgan fingerprint density at radius 1 is 1.41 bits per heavy atom. The van der Waals surface area contributed by atoms with E-state index in [-0.39, 0.29) is 6.04 Å². The zero-order chi connectivity index (χ0) is 13.1. The maximum absolute atomic E-state index is 11.1. The summed E-state index contributed by atoms with van der Waals surface area (Å²) >= 11 is 0. The fraction of sp³-hybridized carbons (Fsp3) is 0.643. The third-order valence-electron chi connectivity index (χ3n) is 2.46. The Kier molecular flexibility index (Phi) is 8.95. The van der Waals surface area contributed by atoms with E-state index in [1.165, 1.54) is 20.0 Å². The SMILES string of the molecule is C=C(CC)C(C#CCCCCC)NC(=O)OC. The monoisotopic (exact) mass is 237 g/mol. The molecule has 3 heteroatoms. The normalized spacial score (nSPS) is 11.0. The van der Waals surface area contributed by atoms with Gasteiger partial charge in [-0.15, -0.1) is 5.92 Å². The smallest absolute Gasteiger partial charge is 0.408 e. The van der Waals surface area contributed by atoms with Crippen molar-refractivity contribution in [1.82, 2.24) is 5.32 Å². The molecular formula is C14H23NO2. The van der Waals surface area contributed by atoms with Gasteiger partial charge >= 0.3 is 6.09 Å². The van der Waals surface area contributed by atoms with Gasteiger partial charge in [-0.25, -0.2) is 4.79 Å². The van der Waals surface area contributed by atoms with E-state index in [0.717, 1.165) is 24.8 Å². The van der Waals surface area contributed by atoms with Gasteiger partial charge in [0.1, 0.15) is 6.04 Å². The molecule has 0 saturated carbocycles. The number of carbonyl (C=O) groups is 1. The number of rotatable bonds is 6. The van der Waals surface area contributed by atoms with Crippen LogP contribution in [0.4, 0.5) is 4.79 Å². The topological polar surface area (TPSA) is 38.3 Å². The summed E-state index contributed by atoms with van der Waals surface area (Å²) in [7, 11) is 1.34. The van der Waals surface area contributed by atoms with Crippen LogP contribution in [-0.2, 0) is 4.74 Å². The maximum atomic E-state index is 11.1. The minimum atomic E-state index is -0.465. The lowest BCUT2D eigenvalue weighted by molar-refractivity contribution is 0.170. The third kappa shape index (κ3) is 7.46. The van der Waals surface area contributed by atoms with Crippen molar-refractivity contribution in [2.45, 2.75) is 52.0 Å². The molecule has 1 unspecified atom stereocenters. The van der Waals surface area contributed by atoms with E-state index < -0.39 is 6.09 Å². The highest BCUT2D eigenvalue weighted by molar-refractivity contribution is 5.68. The second kappa shape index (κ2) is 9.77. The first kappa shape index (κ1) is 15.6. The van der Waals surface area contributed by atoms with Crippen LogP contribution < -0.4 is 5.32 Å². The van der Waals surface area contributed by atoms with Crippen molar-refractivity contribution in [3.63, 3.8) is 0 Å². The van der Waals surface area contributed by atoms with Crippen LogP contribution in [0, 0.1) is 11.8 Å². The number of amides is 1. The summed E-state index contributed by atoms with van der Waals surface area (Å²) in [6, 6.07) is -0.297. The van der Waals surface area contributed by atoms with Crippen molar-refractivity contribution < 1.29 is 9.53 Å². The van der Waals surface area contributed by atoms with Crippen molar-refractivity contribution in [1.29, 1.82) is 0 Å². The molecule has 1 amide bonds. The van der Waals surface area contributed by atoms with E-state index >= 15 is 0 Å². The third-order valence-corrected chi connectivity index (χ3v) is 2.46. The minimum Gasteiger partial charge on any atom is -0.453 e. The number of ether oxygens (including phenoxy) is 1. The van der Waals surface area contributed by atoms with Crippen LogP contribution in [0.1, 0.15) is 46.0 Å². The molecule has 17 heavy (non-hydrogen) atoms. The predicted molar refractivity (Wildman–Crippen MR) is 70.7 cm³/mol. The number of carbonyl (C=O) groups excluding carboxylic acids is 1. The molecule has 3 nitrogen and oxygen atoms in total. The van der Waals surface area contributed by atoms with Gasteiger partial charge in [0.05, 0.1) is 7.11 Å². The summed E-state index contributed by atoms with van der Waals surface area (Å²) in [5, 5.41) is 2.67. The Hall–Kier alpha value is -1.43. The molecule has 0 rings (SSSR count). The number of alkyl carbamates (subject to hydrolysis) is 1. The van der Waals surface area contributed by atoms with E-state index in [1.54, 1.807) is 0 Å². The first-order valence-electron chi connectivity index (χ1n) is 6.16. The van der Waals surface area contributed by atoms with E-state index in [1.807, 2.05) is 6.92 Å². The van der Waals surface area contributed by atoms with E-state index in [4.69, 9.17) is 0 Å². The molecule has 1 atom stereocenters. The molecule has 0 saturated heterocycles. The van der Waals surface area contributed by atoms with Crippen LogP contribution in [0.25, 0.3) is 0 Å². The second-order valence-corrected chi connectivity index (χ2v) is 3.86. The van der Waals surface area contributed by atoms with Crippen LogP contribution in [0.15, 0.2) is 12.2 Å². The molecule has 96 valence electrons. The van der Waals surface area contributed by atoms with Crippen molar-refractivity contribution in [2.24, 2.45) is 0 Å². The van der Waals surface area contributed by atoms with Crippen molar-refractivity contribution >= 4 is 6.09 Å². The summed E-state index contributed by atoms with van der Waals surface area (Å²) in [6.45, 7) is 8.06. The van der Waals surface area contributed by atoms with Crippen molar-refractivity contribution in [2.75, 3.05) is 7.11 Å². The van der Waals surface area contributed by atoms with E-state index in [9.17, 15) is 4.79 Å². The molecule has 0 aliphatic carbocycles. The highest BCUT2D eigenvalue weighted by Crippen LogP contribution is 2.04. The number of nitrogens with one attached hydrogen (secondary N) is 1. The minimum absolute atomic E-state index is 0.297. The summed E-state index contributed by atoms with van der Waals surface area (Å²) in [5.74, 6) is 6.12. The lowest BCUT2D eigenvalue weighted by Crippen LogP contribution is -2.34. The summed E-state index contributed by atoms with van der Waals surface area (Å²) < 4.78 is 4.56. The molecule has 0 bridgehead atoms. The zero-order valence-electron chi connectivity index (χ0n) is 11.1. The summed E-state index contributed by atoms with van der Waals surface area (Å²) in [5.41, 5.74) is 0.901. The zero-order valence-corrected chi connectivity index (χ0v) is 11.1. The Morgan fingerprint density at radius 2 is 2.12 bits per heavy atom. The average molecular weight is 237 g/mol. The number of methoxy groups -OCH3 is 1. The van der Waals surface area contributed by atoms with Crippen LogP contribution in [0.3, 0.4) is 0 Å². The first-order valence-corrected chi connectivity index (χ1v) is 6.16. The van der Waals surface area contributed by atoms with Crippen molar-refractivity contribution in [3.8, 4) is 11.8 Å². The van der Waals surface area contributed by atoms with Crippen LogP contribution >= 0.6 is 0 Å². The molecule has 1 N–H and O–H groups in total. The fourth-order valence-corrected chi connectivity index (χ4v) is 1.26. The van der Waals surface area contributed by atoms with Gasteiger partial charge in [-0.2, -0.15) is 0 Å². The van der Waals surface area contributed by atoms with Gasteiger partial charge in [-0.3, -0.25) is 0 Å². The predicted octanol–water partition coefficient (Wildman–Crippen LogP) is 3.26. The molecule has 0 fully saturated rings. The quantitative estimate of drug-likeness (QED) is 0.437. The highest BCUT2D eigenvalue weighted by Gasteiger charge is 2.11. The molecular weight excluding hydrogens is 214 g/mol. The molecule has 0 aromatic carbocycles. The van der Waals surface area contributed by atoms with Crippen LogP contribution in [-0.4, -0.2) is 19.2 Å². The Morgan fingerprint density at radius 3 is 2.65 bits per heavy atom. The van der Waals surface area contributed by atoms with Gasteiger partial charge < -0.3 is 10.1 Å². The summed E-state index contributed by atoms with van der Waals surface area (Å²) in [4.78, 5) is 11.1. The number of hydrogen-bond acceptors (Lipinski definition) is 2. The molecule has 0 spiro atoms. The highest BCUT2D eigenvalue weighted by atomic mass is 16.5. The number of hydrogen-bond donors (Lipinski definition) is 1. The Balaban J connectivity index is 4.27. The second-order valence-electron chi connectivity index (χ2n) is 3.86. The van der Waals surface area contributed by atoms with Crippen molar-refractivity contribution in [3.05, 3.63) is 12.2 Å². The first-order chi connectivity index (χ1) is 8.15. The van der Waals surface area contributed by atoms with Gasteiger partial charge in [-0.1, -0.05) is 39.2 Å². The van der Waals surface area contributed by atoms with E-state index in [2.05, 4.69) is 35.4 Å². The molecule has 0 aromatic heterocycles. The summed E-state index contributed by atoms with van der Waals surface area (Å²) in [6.07, 6.45) is 4.67. The standard InChI is InChI=1S/C14H23NO2/c1-5-7-8-9-10-11-13(12(3)6-2)15-14(16)17-4/h13H,3,5-9H2,1-2,4H3,(H,15,16). The maximum Gasteiger partial charge on any atom is 0.408 e. The molecule has 0 aliphatic heterocycles. The van der Waals surface area contributed by atoms with Gasteiger partial charge in [0.2, 0.25) is 0 Å². The fourth-order valence-electron chi connectivity index (χ4n) is 1.26. The number of unbranched alkanes of at least 4 members (excludes halogenated alkanes) is 3. The van der Waals surface area contributed by atoms with Crippen LogP contribution in [0.2, 0.25) is 0 Å². The van der Waals surface area contributed by atoms with E-state index in [0.29, 0.717) is 0 Å². The lowest BCUT2D eigenvalue weighted by atomic mass is 10.1. The molecule has 0 radical (unpaired) electrons. The molecule has 0 aromatic rings. The molecule has 0 aliphatic rings. The van der Waals surface area contributed by atoms with Gasteiger partial charge in [0.15, 0.2) is 0 Å². The Bertz CT molecular complexity index is 299. The largest absolute Gasteiger partial charge is 0.453 e. The van der Waals surface area contributed by atoms with Crippen LogP contribution in [0.5, 0.6) is 0 Å². The van der Waals surface area contributed by atoms with Gasteiger partial charge in [0, 0.05) is 6.42 Å². The Labute approximate surface area is 105 Å². The molecule has 0 heterocycles.